The first kappa shape index (κ1) is 20.8. The van der Waals surface area contributed by atoms with Crippen molar-refractivity contribution in [3.8, 4) is 6.01 Å². The van der Waals surface area contributed by atoms with Gasteiger partial charge in [-0.05, 0) is 18.1 Å². The van der Waals surface area contributed by atoms with Gasteiger partial charge in [0, 0.05) is 25.8 Å². The summed E-state index contributed by atoms with van der Waals surface area (Å²) in [5.74, 6) is 1.10. The lowest BCUT2D eigenvalue weighted by Crippen LogP contribution is -2.48. The van der Waals surface area contributed by atoms with Gasteiger partial charge in [0.2, 0.25) is 11.8 Å². The van der Waals surface area contributed by atoms with Gasteiger partial charge in [0.15, 0.2) is 11.6 Å². The third-order valence-corrected chi connectivity index (χ3v) is 5.07. The van der Waals surface area contributed by atoms with Gasteiger partial charge >= 0.3 is 6.01 Å². The van der Waals surface area contributed by atoms with E-state index in [0.29, 0.717) is 43.6 Å². The number of anilines is 4. The summed E-state index contributed by atoms with van der Waals surface area (Å²) in [6, 6.07) is 3.90. The van der Waals surface area contributed by atoms with E-state index in [1.54, 1.807) is 11.1 Å². The number of nitrogen functional groups attached to an aromatic ring is 1. The van der Waals surface area contributed by atoms with E-state index in [4.69, 9.17) is 10.5 Å². The number of nitrogens with zero attached hydrogens (tertiary/aromatic N) is 5. The second kappa shape index (κ2) is 9.13. The Balaban J connectivity index is 1.53. The molecule has 31 heavy (non-hydrogen) atoms. The van der Waals surface area contributed by atoms with Crippen LogP contribution >= 0.6 is 0 Å². The number of carbonyl (C=O) groups is 2. The Hall–Kier alpha value is -3.47. The second-order valence-corrected chi connectivity index (χ2v) is 7.44. The van der Waals surface area contributed by atoms with Gasteiger partial charge in [-0.1, -0.05) is 19.4 Å². The van der Waals surface area contributed by atoms with Gasteiger partial charge in [-0.3, -0.25) is 14.5 Å². The number of amides is 2. The molecule has 2 aliphatic heterocycles. The normalized spacial score (nSPS) is 16.2. The summed E-state index contributed by atoms with van der Waals surface area (Å²) in [7, 11) is 0. The van der Waals surface area contributed by atoms with E-state index in [-0.39, 0.29) is 30.2 Å². The summed E-state index contributed by atoms with van der Waals surface area (Å²) in [5.41, 5.74) is 7.31. The molecular weight excluding hydrogens is 400 g/mol. The van der Waals surface area contributed by atoms with E-state index in [2.05, 4.69) is 32.5 Å². The van der Waals surface area contributed by atoms with Crippen molar-refractivity contribution in [1.82, 2.24) is 20.3 Å². The summed E-state index contributed by atoms with van der Waals surface area (Å²) < 4.78 is 5.62. The highest BCUT2D eigenvalue weighted by atomic mass is 16.5. The Morgan fingerprint density at radius 1 is 1.26 bits per heavy atom. The monoisotopic (exact) mass is 426 g/mol. The Kier molecular flexibility index (Phi) is 6.12. The third-order valence-electron chi connectivity index (χ3n) is 5.07. The number of nitrogens with one attached hydrogen (secondary N) is 2. The Bertz CT molecular complexity index is 966. The maximum absolute atomic E-state index is 12.2. The number of ether oxygens (including phenoxy) is 1. The molecule has 0 aliphatic carbocycles. The van der Waals surface area contributed by atoms with Crippen LogP contribution in [0, 0.1) is 0 Å². The molecule has 0 spiro atoms. The molecule has 1 fully saturated rings. The Morgan fingerprint density at radius 2 is 2.13 bits per heavy atom. The molecule has 11 nitrogen and oxygen atoms in total. The summed E-state index contributed by atoms with van der Waals surface area (Å²) >= 11 is 0. The number of pyridine rings is 1. The molecule has 0 aromatic carbocycles. The predicted molar refractivity (Wildman–Crippen MR) is 116 cm³/mol. The minimum absolute atomic E-state index is 0.00379. The van der Waals surface area contributed by atoms with Gasteiger partial charge in [-0.2, -0.15) is 9.97 Å². The molecule has 2 aliphatic rings. The summed E-state index contributed by atoms with van der Waals surface area (Å²) in [6.45, 7) is 4.72. The zero-order chi connectivity index (χ0) is 21.8. The maximum Gasteiger partial charge on any atom is 0.320 e. The molecule has 164 valence electrons. The zero-order valence-corrected chi connectivity index (χ0v) is 17.4. The molecule has 2 aromatic heterocycles. The first-order chi connectivity index (χ1) is 15.0. The number of piperazine rings is 1. The van der Waals surface area contributed by atoms with Crippen LogP contribution in [-0.4, -0.2) is 59.6 Å². The van der Waals surface area contributed by atoms with E-state index in [9.17, 15) is 9.59 Å². The van der Waals surface area contributed by atoms with Crippen molar-refractivity contribution in [3.05, 3.63) is 23.9 Å². The van der Waals surface area contributed by atoms with Crippen molar-refractivity contribution < 1.29 is 14.3 Å². The highest BCUT2D eigenvalue weighted by molar-refractivity contribution is 6.03. The second-order valence-electron chi connectivity index (χ2n) is 7.44. The highest BCUT2D eigenvalue weighted by Crippen LogP contribution is 2.34. The number of carbonyl (C=O) groups excluding carboxylic acids is 2. The van der Waals surface area contributed by atoms with Crippen LogP contribution < -0.4 is 30.9 Å². The Morgan fingerprint density at radius 3 is 2.87 bits per heavy atom. The number of aromatic nitrogens is 3. The van der Waals surface area contributed by atoms with Crippen molar-refractivity contribution in [1.29, 1.82) is 0 Å². The molecule has 0 saturated carbocycles. The van der Waals surface area contributed by atoms with Crippen molar-refractivity contribution >= 4 is 35.0 Å². The minimum Gasteiger partial charge on any atom is -0.463 e. The number of hydrogen-bond acceptors (Lipinski definition) is 9. The van der Waals surface area contributed by atoms with Crippen LogP contribution in [0.1, 0.15) is 25.3 Å². The average Bonchev–Trinajstić information content (AvgIpc) is 2.76. The fourth-order valence-electron chi connectivity index (χ4n) is 3.46. The molecule has 4 heterocycles. The number of unbranched alkanes of at least 4 members (excludes halogenated alkanes) is 1. The number of fused-ring (bicyclic) bond motifs is 1. The first-order valence-corrected chi connectivity index (χ1v) is 10.4. The fraction of sp³-hybridized carbons (Fsp3) is 0.450. The lowest BCUT2D eigenvalue weighted by molar-refractivity contribution is -0.118. The highest BCUT2D eigenvalue weighted by Gasteiger charge is 2.28. The van der Waals surface area contributed by atoms with E-state index >= 15 is 0 Å². The van der Waals surface area contributed by atoms with Crippen LogP contribution in [0.5, 0.6) is 6.01 Å². The Labute approximate surface area is 180 Å². The quantitative estimate of drug-likeness (QED) is 0.541. The van der Waals surface area contributed by atoms with E-state index < -0.39 is 0 Å². The molecule has 2 amide bonds. The van der Waals surface area contributed by atoms with Gasteiger partial charge in [0.25, 0.3) is 0 Å². The molecule has 11 heteroatoms. The lowest BCUT2D eigenvalue weighted by atomic mass is 10.2. The topological polar surface area (TPSA) is 139 Å². The van der Waals surface area contributed by atoms with Crippen LogP contribution in [0.4, 0.5) is 23.1 Å². The minimum atomic E-state index is -0.196. The van der Waals surface area contributed by atoms with Crippen molar-refractivity contribution in [3.63, 3.8) is 0 Å². The SMILES string of the molecule is CCCCOc1nc(N)c2c(n1)N(Cc1ccc(N3CCNCC3=O)nc1)CC(=O)N2. The molecular formula is C20H26N8O3. The number of rotatable bonds is 7. The fourth-order valence-corrected chi connectivity index (χ4v) is 3.46. The van der Waals surface area contributed by atoms with Crippen molar-refractivity contribution in [2.75, 3.05) is 53.6 Å². The van der Waals surface area contributed by atoms with Gasteiger partial charge in [-0.25, -0.2) is 4.98 Å². The first-order valence-electron chi connectivity index (χ1n) is 10.4. The van der Waals surface area contributed by atoms with Crippen LogP contribution in [0.3, 0.4) is 0 Å². The molecule has 4 N–H and O–H groups in total. The van der Waals surface area contributed by atoms with E-state index in [1.807, 2.05) is 17.0 Å². The maximum atomic E-state index is 12.2. The van der Waals surface area contributed by atoms with Crippen LogP contribution in [-0.2, 0) is 16.1 Å². The standard InChI is InChI=1S/C20H26N8O3/c1-2-3-8-31-20-25-18(21)17-19(26-20)27(12-15(29)24-17)11-13-4-5-14(23-9-13)28-7-6-22-10-16(28)30/h4-5,9,22H,2-3,6-8,10-12H2,1H3,(H,24,29)(H2,21,25,26). The summed E-state index contributed by atoms with van der Waals surface area (Å²) in [5, 5.41) is 5.79. The predicted octanol–water partition coefficient (Wildman–Crippen LogP) is 0.528. The van der Waals surface area contributed by atoms with Crippen LogP contribution in [0.2, 0.25) is 0 Å². The zero-order valence-electron chi connectivity index (χ0n) is 17.4. The number of nitrogens with two attached hydrogens (primary N) is 1. The summed E-state index contributed by atoms with van der Waals surface area (Å²) in [4.78, 5) is 40.8. The van der Waals surface area contributed by atoms with E-state index in [0.717, 1.165) is 24.9 Å². The molecule has 0 atom stereocenters. The lowest BCUT2D eigenvalue weighted by Gasteiger charge is -2.30. The van der Waals surface area contributed by atoms with Crippen LogP contribution in [0.15, 0.2) is 18.3 Å². The van der Waals surface area contributed by atoms with Gasteiger partial charge in [0.1, 0.15) is 11.5 Å². The average molecular weight is 426 g/mol. The van der Waals surface area contributed by atoms with Gasteiger partial charge in [0.05, 0.1) is 19.7 Å². The molecule has 1 saturated heterocycles. The molecule has 0 unspecified atom stereocenters. The number of hydrogen-bond donors (Lipinski definition) is 3. The molecule has 4 rings (SSSR count). The third kappa shape index (κ3) is 4.66. The summed E-state index contributed by atoms with van der Waals surface area (Å²) in [6.07, 6.45) is 3.58. The van der Waals surface area contributed by atoms with Crippen molar-refractivity contribution in [2.24, 2.45) is 0 Å². The van der Waals surface area contributed by atoms with Crippen LogP contribution in [0.25, 0.3) is 0 Å². The molecule has 0 radical (unpaired) electrons. The largest absolute Gasteiger partial charge is 0.463 e. The molecule has 0 bridgehead atoms. The molecule has 2 aromatic rings. The van der Waals surface area contributed by atoms with Gasteiger partial charge in [-0.15, -0.1) is 0 Å². The van der Waals surface area contributed by atoms with Crippen molar-refractivity contribution in [2.45, 2.75) is 26.3 Å². The van der Waals surface area contributed by atoms with E-state index in [1.165, 1.54) is 0 Å². The van der Waals surface area contributed by atoms with Gasteiger partial charge < -0.3 is 26.0 Å². The smallest absolute Gasteiger partial charge is 0.320 e.